The third-order valence-electron chi connectivity index (χ3n) is 4.58. The number of fused-ring (bicyclic) bond motifs is 1. The smallest absolute Gasteiger partial charge is 0.255 e. The number of benzene rings is 3. The maximum Gasteiger partial charge on any atom is 0.255 e. The van der Waals surface area contributed by atoms with E-state index in [0.717, 1.165) is 33.2 Å². The highest BCUT2D eigenvalue weighted by molar-refractivity contribution is 9.10. The van der Waals surface area contributed by atoms with Crippen molar-refractivity contribution in [1.29, 1.82) is 0 Å². The van der Waals surface area contributed by atoms with Crippen LogP contribution in [0, 0.1) is 0 Å². The average molecular weight is 435 g/mol. The molecule has 0 aliphatic rings. The van der Waals surface area contributed by atoms with Gasteiger partial charge < -0.3 is 9.73 Å². The number of hydrogen-bond donors (Lipinski definition) is 1. The maximum absolute atomic E-state index is 12.3. The Hall–Kier alpha value is -2.92. The summed E-state index contributed by atoms with van der Waals surface area (Å²) in [5.41, 5.74) is 5.40. The summed E-state index contributed by atoms with van der Waals surface area (Å²) in [5.74, 6) is 0.556. The first-order valence-corrected chi connectivity index (χ1v) is 9.94. The Morgan fingerprint density at radius 2 is 1.71 bits per heavy atom. The predicted molar refractivity (Wildman–Crippen MR) is 115 cm³/mol. The van der Waals surface area contributed by atoms with Crippen molar-refractivity contribution in [1.82, 2.24) is 4.98 Å². The van der Waals surface area contributed by atoms with Crippen molar-refractivity contribution in [2.75, 3.05) is 5.32 Å². The van der Waals surface area contributed by atoms with Crippen molar-refractivity contribution >= 4 is 38.6 Å². The van der Waals surface area contributed by atoms with Gasteiger partial charge in [-0.25, -0.2) is 4.98 Å². The SMILES string of the molecule is CCc1ccc2oc(Cc3ccc(NC(=O)c4ccc(Br)cc4)cc3)nc2c1. The molecule has 4 aromatic rings. The van der Waals surface area contributed by atoms with Gasteiger partial charge in [-0.15, -0.1) is 0 Å². The van der Waals surface area contributed by atoms with Gasteiger partial charge in [-0.05, 0) is 66.1 Å². The van der Waals surface area contributed by atoms with Crippen molar-refractivity contribution in [3.8, 4) is 0 Å². The molecule has 1 aromatic heterocycles. The Balaban J connectivity index is 1.44. The highest BCUT2D eigenvalue weighted by Gasteiger charge is 2.09. The van der Waals surface area contributed by atoms with E-state index >= 15 is 0 Å². The van der Waals surface area contributed by atoms with Crippen molar-refractivity contribution in [3.05, 3.63) is 93.8 Å². The van der Waals surface area contributed by atoms with Gasteiger partial charge in [-0.3, -0.25) is 4.79 Å². The predicted octanol–water partition coefficient (Wildman–Crippen LogP) is 6.00. The van der Waals surface area contributed by atoms with Crippen LogP contribution in [0.15, 0.2) is 75.6 Å². The Labute approximate surface area is 171 Å². The third-order valence-corrected chi connectivity index (χ3v) is 5.11. The minimum atomic E-state index is -0.133. The molecule has 0 spiro atoms. The van der Waals surface area contributed by atoms with E-state index in [1.807, 2.05) is 42.5 Å². The zero-order valence-electron chi connectivity index (χ0n) is 15.4. The number of aryl methyl sites for hydroxylation is 1. The molecule has 0 radical (unpaired) electrons. The molecule has 1 amide bonds. The van der Waals surface area contributed by atoms with Crippen molar-refractivity contribution < 1.29 is 9.21 Å². The number of oxazole rings is 1. The lowest BCUT2D eigenvalue weighted by Crippen LogP contribution is -2.11. The topological polar surface area (TPSA) is 55.1 Å². The van der Waals surface area contributed by atoms with Gasteiger partial charge in [0.2, 0.25) is 0 Å². The molecular weight excluding hydrogens is 416 g/mol. The molecule has 0 bridgehead atoms. The van der Waals surface area contributed by atoms with Crippen molar-refractivity contribution in [2.24, 2.45) is 0 Å². The monoisotopic (exact) mass is 434 g/mol. The maximum atomic E-state index is 12.3. The van der Waals surface area contributed by atoms with Crippen LogP contribution in [-0.2, 0) is 12.8 Å². The average Bonchev–Trinajstić information content (AvgIpc) is 3.11. The van der Waals surface area contributed by atoms with Crippen LogP contribution in [0.1, 0.15) is 34.3 Å². The summed E-state index contributed by atoms with van der Waals surface area (Å²) in [6.07, 6.45) is 1.59. The van der Waals surface area contributed by atoms with E-state index in [1.54, 1.807) is 12.1 Å². The lowest BCUT2D eigenvalue weighted by Gasteiger charge is -2.06. The number of halogens is 1. The Morgan fingerprint density at radius 3 is 2.43 bits per heavy atom. The number of hydrogen-bond acceptors (Lipinski definition) is 3. The van der Waals surface area contributed by atoms with Gasteiger partial charge in [0.15, 0.2) is 11.5 Å². The van der Waals surface area contributed by atoms with Crippen LogP contribution < -0.4 is 5.32 Å². The van der Waals surface area contributed by atoms with Gasteiger partial charge in [-0.1, -0.05) is 41.1 Å². The molecule has 0 aliphatic heterocycles. The molecular formula is C23H19BrN2O2. The van der Waals surface area contributed by atoms with Gasteiger partial charge in [0.25, 0.3) is 5.91 Å². The molecule has 4 rings (SSSR count). The number of anilines is 1. The summed E-state index contributed by atoms with van der Waals surface area (Å²) >= 11 is 3.37. The van der Waals surface area contributed by atoms with Gasteiger partial charge in [0.05, 0.1) is 0 Å². The molecule has 1 N–H and O–H groups in total. The second kappa shape index (κ2) is 7.98. The first-order chi connectivity index (χ1) is 13.6. The molecule has 4 nitrogen and oxygen atoms in total. The first-order valence-electron chi connectivity index (χ1n) is 9.15. The van der Waals surface area contributed by atoms with Crippen LogP contribution in [0.2, 0.25) is 0 Å². The normalized spacial score (nSPS) is 10.9. The Morgan fingerprint density at radius 1 is 1.00 bits per heavy atom. The minimum absolute atomic E-state index is 0.133. The number of nitrogens with zero attached hydrogens (tertiary/aromatic N) is 1. The zero-order chi connectivity index (χ0) is 19.5. The number of rotatable bonds is 5. The van der Waals surface area contributed by atoms with Crippen LogP contribution in [0.25, 0.3) is 11.1 Å². The van der Waals surface area contributed by atoms with Crippen molar-refractivity contribution in [2.45, 2.75) is 19.8 Å². The Kier molecular flexibility index (Phi) is 5.26. The van der Waals surface area contributed by atoms with E-state index in [0.29, 0.717) is 17.9 Å². The summed E-state index contributed by atoms with van der Waals surface area (Å²) in [6, 6.07) is 21.1. The lowest BCUT2D eigenvalue weighted by molar-refractivity contribution is 0.102. The molecule has 5 heteroatoms. The fourth-order valence-electron chi connectivity index (χ4n) is 3.00. The zero-order valence-corrected chi connectivity index (χ0v) is 17.0. The van der Waals surface area contributed by atoms with Gasteiger partial charge >= 0.3 is 0 Å². The minimum Gasteiger partial charge on any atom is -0.440 e. The first kappa shape index (κ1) is 18.4. The van der Waals surface area contributed by atoms with Gasteiger partial charge in [0, 0.05) is 22.1 Å². The third kappa shape index (κ3) is 4.15. The van der Waals surface area contributed by atoms with Crippen LogP contribution >= 0.6 is 15.9 Å². The lowest BCUT2D eigenvalue weighted by atomic mass is 10.1. The Bertz CT molecular complexity index is 1120. The highest BCUT2D eigenvalue weighted by atomic mass is 79.9. The van der Waals surface area contributed by atoms with Crippen LogP contribution in [0.4, 0.5) is 5.69 Å². The number of nitrogens with one attached hydrogen (secondary N) is 1. The fourth-order valence-corrected chi connectivity index (χ4v) is 3.27. The summed E-state index contributed by atoms with van der Waals surface area (Å²) in [5, 5.41) is 2.91. The van der Waals surface area contributed by atoms with Crippen LogP contribution in [-0.4, -0.2) is 10.9 Å². The summed E-state index contributed by atoms with van der Waals surface area (Å²) in [7, 11) is 0. The molecule has 0 aliphatic carbocycles. The van der Waals surface area contributed by atoms with E-state index < -0.39 is 0 Å². The summed E-state index contributed by atoms with van der Waals surface area (Å²) in [4.78, 5) is 16.9. The quantitative estimate of drug-likeness (QED) is 0.419. The number of aromatic nitrogens is 1. The van der Waals surface area contributed by atoms with E-state index in [2.05, 4.69) is 45.3 Å². The standard InChI is InChI=1S/C23H19BrN2O2/c1-2-15-5-12-21-20(13-15)26-22(28-21)14-16-3-10-19(11-4-16)25-23(27)17-6-8-18(24)9-7-17/h3-13H,2,14H2,1H3,(H,25,27). The van der Waals surface area contributed by atoms with Crippen molar-refractivity contribution in [3.63, 3.8) is 0 Å². The fraction of sp³-hybridized carbons (Fsp3) is 0.130. The molecule has 140 valence electrons. The molecule has 28 heavy (non-hydrogen) atoms. The van der Waals surface area contributed by atoms with E-state index in [-0.39, 0.29) is 5.91 Å². The summed E-state index contributed by atoms with van der Waals surface area (Å²) < 4.78 is 6.79. The van der Waals surface area contributed by atoms with E-state index in [1.165, 1.54) is 5.56 Å². The molecule has 0 unspecified atom stereocenters. The second-order valence-corrected chi connectivity index (χ2v) is 7.51. The number of amides is 1. The van der Waals surface area contributed by atoms with Gasteiger partial charge in [0.1, 0.15) is 5.52 Å². The molecule has 0 saturated heterocycles. The molecule has 0 atom stereocenters. The van der Waals surface area contributed by atoms with Crippen LogP contribution in [0.3, 0.4) is 0 Å². The van der Waals surface area contributed by atoms with E-state index in [4.69, 9.17) is 4.42 Å². The largest absolute Gasteiger partial charge is 0.440 e. The number of carbonyl (C=O) groups excluding carboxylic acids is 1. The molecule has 3 aromatic carbocycles. The second-order valence-electron chi connectivity index (χ2n) is 6.60. The molecule has 0 saturated carbocycles. The van der Waals surface area contributed by atoms with Crippen LogP contribution in [0.5, 0.6) is 0 Å². The summed E-state index contributed by atoms with van der Waals surface area (Å²) in [6.45, 7) is 2.12. The molecule has 1 heterocycles. The highest BCUT2D eigenvalue weighted by Crippen LogP contribution is 2.21. The van der Waals surface area contributed by atoms with Gasteiger partial charge in [-0.2, -0.15) is 0 Å². The number of carbonyl (C=O) groups is 1. The van der Waals surface area contributed by atoms with E-state index in [9.17, 15) is 4.79 Å². The molecule has 0 fully saturated rings.